The van der Waals surface area contributed by atoms with Gasteiger partial charge in [0.25, 0.3) is 0 Å². The first-order chi connectivity index (χ1) is 12.5. The molecule has 0 saturated carbocycles. The number of hydrogen-bond donors (Lipinski definition) is 0. The summed E-state index contributed by atoms with van der Waals surface area (Å²) < 4.78 is 12.9. The van der Waals surface area contributed by atoms with E-state index in [1.54, 1.807) is 6.07 Å². The highest BCUT2D eigenvalue weighted by atomic mass is 35.5. The largest absolute Gasteiger partial charge is 0.484 e. The van der Waals surface area contributed by atoms with Crippen molar-refractivity contribution in [3.8, 4) is 5.75 Å². The van der Waals surface area contributed by atoms with E-state index in [0.717, 1.165) is 17.4 Å². The van der Waals surface area contributed by atoms with Crippen LogP contribution in [-0.4, -0.2) is 24.9 Å². The number of para-hydroxylation sites is 1. The van der Waals surface area contributed by atoms with Gasteiger partial charge in [0, 0.05) is 13.5 Å². The zero-order chi connectivity index (χ0) is 18.5. The van der Waals surface area contributed by atoms with Crippen molar-refractivity contribution < 1.29 is 9.26 Å². The molecule has 3 rings (SSSR count). The molecule has 0 fully saturated rings. The molecule has 2 heterocycles. The fourth-order valence-electron chi connectivity index (χ4n) is 2.22. The van der Waals surface area contributed by atoms with E-state index in [2.05, 4.69) is 34.2 Å². The third-order valence-electron chi connectivity index (χ3n) is 3.54. The van der Waals surface area contributed by atoms with Crippen LogP contribution in [0.1, 0.15) is 31.4 Å². The van der Waals surface area contributed by atoms with Crippen molar-refractivity contribution in [1.29, 1.82) is 0 Å². The predicted molar refractivity (Wildman–Crippen MR) is 99.2 cm³/mol. The van der Waals surface area contributed by atoms with Crippen molar-refractivity contribution in [2.75, 3.05) is 0 Å². The van der Waals surface area contributed by atoms with Crippen LogP contribution in [-0.2, 0) is 25.8 Å². The maximum atomic E-state index is 6.09. The molecule has 9 heteroatoms. The van der Waals surface area contributed by atoms with Gasteiger partial charge >= 0.3 is 0 Å². The molecule has 138 valence electrons. The normalized spacial score (nSPS) is 11.3. The molecular formula is C17H20ClN5O2S. The number of thioether (sulfide) groups is 1. The molecule has 0 aliphatic carbocycles. The highest BCUT2D eigenvalue weighted by molar-refractivity contribution is 7.98. The van der Waals surface area contributed by atoms with Crippen molar-refractivity contribution in [3.05, 3.63) is 46.8 Å². The number of halogens is 1. The van der Waals surface area contributed by atoms with E-state index >= 15 is 0 Å². The highest BCUT2D eigenvalue weighted by Crippen LogP contribution is 2.25. The second-order valence-electron chi connectivity index (χ2n) is 6.17. The van der Waals surface area contributed by atoms with Gasteiger partial charge in [-0.3, -0.25) is 0 Å². The van der Waals surface area contributed by atoms with Crippen molar-refractivity contribution >= 4 is 23.4 Å². The molecule has 26 heavy (non-hydrogen) atoms. The maximum absolute atomic E-state index is 6.09. The van der Waals surface area contributed by atoms with E-state index in [4.69, 9.17) is 20.9 Å². The fraction of sp³-hybridized carbons (Fsp3) is 0.412. The summed E-state index contributed by atoms with van der Waals surface area (Å²) in [5.41, 5.74) is 0. The average Bonchev–Trinajstić information content (AvgIpc) is 3.18. The molecule has 0 spiro atoms. The average molecular weight is 394 g/mol. The molecule has 0 atom stereocenters. The predicted octanol–water partition coefficient (Wildman–Crippen LogP) is 3.92. The van der Waals surface area contributed by atoms with Gasteiger partial charge in [-0.1, -0.05) is 54.5 Å². The van der Waals surface area contributed by atoms with Crippen molar-refractivity contribution in [2.45, 2.75) is 37.8 Å². The number of hydrogen-bond acceptors (Lipinski definition) is 7. The zero-order valence-corrected chi connectivity index (χ0v) is 16.4. The number of aromatic nitrogens is 5. The standard InChI is InChI=1S/C17H20ClN5O2S/c1-11(2)8-14-19-16(25-22-14)10-26-17-21-20-15(23(17)3)9-24-13-7-5-4-6-12(13)18/h4-7,11H,8-10H2,1-3H3. The second kappa shape index (κ2) is 8.55. The van der Waals surface area contributed by atoms with Crippen LogP contribution in [0.25, 0.3) is 0 Å². The molecule has 0 unspecified atom stereocenters. The molecule has 0 aliphatic heterocycles. The monoisotopic (exact) mass is 393 g/mol. The Morgan fingerprint density at radius 3 is 2.85 bits per heavy atom. The summed E-state index contributed by atoms with van der Waals surface area (Å²) in [4.78, 5) is 4.39. The van der Waals surface area contributed by atoms with E-state index in [1.165, 1.54) is 11.8 Å². The Bertz CT molecular complexity index is 864. The van der Waals surface area contributed by atoms with E-state index in [1.807, 2.05) is 29.8 Å². The fourth-order valence-corrected chi connectivity index (χ4v) is 3.18. The van der Waals surface area contributed by atoms with Gasteiger partial charge in [0.2, 0.25) is 5.89 Å². The third-order valence-corrected chi connectivity index (χ3v) is 4.86. The van der Waals surface area contributed by atoms with Gasteiger partial charge in [0.15, 0.2) is 16.8 Å². The van der Waals surface area contributed by atoms with Crippen LogP contribution < -0.4 is 4.74 Å². The van der Waals surface area contributed by atoms with Crippen molar-refractivity contribution in [2.24, 2.45) is 13.0 Å². The first kappa shape index (κ1) is 18.7. The van der Waals surface area contributed by atoms with Gasteiger partial charge < -0.3 is 13.8 Å². The topological polar surface area (TPSA) is 78.9 Å². The van der Waals surface area contributed by atoms with Crippen LogP contribution in [0.4, 0.5) is 0 Å². The molecule has 0 radical (unpaired) electrons. The van der Waals surface area contributed by atoms with Crippen LogP contribution in [0, 0.1) is 5.92 Å². The van der Waals surface area contributed by atoms with E-state index in [9.17, 15) is 0 Å². The Labute approximate surface area is 161 Å². The molecule has 2 aromatic heterocycles. The Morgan fingerprint density at radius 2 is 2.08 bits per heavy atom. The Kier molecular flexibility index (Phi) is 6.16. The summed E-state index contributed by atoms with van der Waals surface area (Å²) in [6.07, 6.45) is 0.807. The van der Waals surface area contributed by atoms with Crippen molar-refractivity contribution in [3.63, 3.8) is 0 Å². The minimum atomic E-state index is 0.285. The van der Waals surface area contributed by atoms with Crippen LogP contribution in [0.5, 0.6) is 5.75 Å². The van der Waals surface area contributed by atoms with Gasteiger partial charge in [0.1, 0.15) is 12.4 Å². The third kappa shape index (κ3) is 4.76. The molecular weight excluding hydrogens is 374 g/mol. The quantitative estimate of drug-likeness (QED) is 0.536. The van der Waals surface area contributed by atoms with Gasteiger partial charge in [-0.05, 0) is 18.1 Å². The lowest BCUT2D eigenvalue weighted by atomic mass is 10.1. The summed E-state index contributed by atoms with van der Waals surface area (Å²) in [5.74, 6) is 3.69. The van der Waals surface area contributed by atoms with E-state index in [-0.39, 0.29) is 6.61 Å². The lowest BCUT2D eigenvalue weighted by Crippen LogP contribution is -2.04. The molecule has 0 saturated heterocycles. The molecule has 0 bridgehead atoms. The lowest BCUT2D eigenvalue weighted by Gasteiger charge is -2.07. The molecule has 3 aromatic rings. The summed E-state index contributed by atoms with van der Waals surface area (Å²) in [5, 5.41) is 13.7. The summed E-state index contributed by atoms with van der Waals surface area (Å²) in [6.45, 7) is 4.53. The van der Waals surface area contributed by atoms with Crippen molar-refractivity contribution in [1.82, 2.24) is 24.9 Å². The first-order valence-electron chi connectivity index (χ1n) is 8.22. The Hall–Kier alpha value is -2.06. The molecule has 0 amide bonds. The van der Waals surface area contributed by atoms with E-state index < -0.39 is 0 Å². The van der Waals surface area contributed by atoms with E-state index in [0.29, 0.717) is 34.2 Å². The second-order valence-corrected chi connectivity index (χ2v) is 7.52. The molecule has 0 aliphatic rings. The molecule has 1 aromatic carbocycles. The zero-order valence-electron chi connectivity index (χ0n) is 14.8. The van der Waals surface area contributed by atoms with Gasteiger partial charge in [-0.25, -0.2) is 0 Å². The Balaban J connectivity index is 1.57. The smallest absolute Gasteiger partial charge is 0.237 e. The van der Waals surface area contributed by atoms with Gasteiger partial charge in [0.05, 0.1) is 10.8 Å². The van der Waals surface area contributed by atoms with Gasteiger partial charge in [-0.2, -0.15) is 4.98 Å². The van der Waals surface area contributed by atoms with Gasteiger partial charge in [-0.15, -0.1) is 10.2 Å². The van der Waals surface area contributed by atoms with Crippen LogP contribution in [0.15, 0.2) is 33.9 Å². The highest BCUT2D eigenvalue weighted by Gasteiger charge is 2.13. The number of benzene rings is 1. The lowest BCUT2D eigenvalue weighted by molar-refractivity contribution is 0.290. The molecule has 0 N–H and O–H groups in total. The SMILES string of the molecule is CC(C)Cc1noc(CSc2nnc(COc3ccccc3Cl)n2C)n1. The van der Waals surface area contributed by atoms with Crippen LogP contribution in [0.3, 0.4) is 0 Å². The summed E-state index contributed by atoms with van der Waals surface area (Å²) in [6, 6.07) is 7.33. The number of nitrogens with zero attached hydrogens (tertiary/aromatic N) is 5. The maximum Gasteiger partial charge on any atom is 0.237 e. The van der Waals surface area contributed by atoms with Crippen LogP contribution in [0.2, 0.25) is 5.02 Å². The first-order valence-corrected chi connectivity index (χ1v) is 9.59. The number of rotatable bonds is 8. The minimum absolute atomic E-state index is 0.285. The summed E-state index contributed by atoms with van der Waals surface area (Å²) in [7, 11) is 1.89. The molecule has 7 nitrogen and oxygen atoms in total. The summed E-state index contributed by atoms with van der Waals surface area (Å²) >= 11 is 7.58. The Morgan fingerprint density at radius 1 is 1.27 bits per heavy atom. The minimum Gasteiger partial charge on any atom is -0.484 e. The number of ether oxygens (including phenoxy) is 1. The van der Waals surface area contributed by atoms with Crippen LogP contribution >= 0.6 is 23.4 Å².